The third kappa shape index (κ3) is 2.86. The van der Waals surface area contributed by atoms with Crippen LogP contribution in [0, 0.1) is 5.82 Å². The Morgan fingerprint density at radius 2 is 2.09 bits per heavy atom. The summed E-state index contributed by atoms with van der Waals surface area (Å²) in [5.41, 5.74) is 0. The molecule has 0 bridgehead atoms. The van der Waals surface area contributed by atoms with Crippen LogP contribution in [-0.4, -0.2) is 23.4 Å². The number of benzene rings is 1. The summed E-state index contributed by atoms with van der Waals surface area (Å²) in [6.07, 6.45) is 5.75. The maximum atomic E-state index is 13.4. The zero-order valence-electron chi connectivity index (χ0n) is 12.6. The van der Waals surface area contributed by atoms with Crippen LogP contribution < -0.4 is 0 Å². The summed E-state index contributed by atoms with van der Waals surface area (Å²) >= 11 is 7.68. The van der Waals surface area contributed by atoms with Gasteiger partial charge in [-0.05, 0) is 38.0 Å². The normalized spacial score (nSPS) is 16.1. The number of rotatable bonds is 3. The lowest BCUT2D eigenvalue weighted by Crippen LogP contribution is -2.41. The Hall–Kier alpha value is -1.13. The van der Waals surface area contributed by atoms with Crippen molar-refractivity contribution in [3.8, 4) is 0 Å². The van der Waals surface area contributed by atoms with E-state index in [0.717, 1.165) is 22.9 Å². The molecule has 0 atom stereocenters. The first-order chi connectivity index (χ1) is 10.6. The number of nitrogens with zero attached hydrogens (tertiary/aromatic N) is 1. The van der Waals surface area contributed by atoms with Gasteiger partial charge in [-0.1, -0.05) is 30.9 Å². The van der Waals surface area contributed by atoms with Crippen molar-refractivity contribution >= 4 is 38.9 Å². The number of fused-ring (bicyclic) bond motifs is 1. The maximum absolute atomic E-state index is 13.4. The Kier molecular flexibility index (Phi) is 4.69. The van der Waals surface area contributed by atoms with E-state index in [1.165, 1.54) is 42.7 Å². The predicted octanol–water partition coefficient (Wildman–Crippen LogP) is 5.49. The molecule has 1 fully saturated rings. The Morgan fingerprint density at radius 3 is 2.77 bits per heavy atom. The minimum absolute atomic E-state index is 0.0130. The molecule has 118 valence electrons. The topological polar surface area (TPSA) is 20.3 Å². The van der Waals surface area contributed by atoms with Crippen molar-refractivity contribution in [3.05, 3.63) is 33.9 Å². The van der Waals surface area contributed by atoms with E-state index in [1.807, 2.05) is 11.8 Å². The Balaban J connectivity index is 1.94. The average molecular weight is 340 g/mol. The SMILES string of the molecule is CCN(C(=O)c1sc2cc(F)ccc2c1Cl)C1CCCCC1. The Bertz CT molecular complexity index is 693. The van der Waals surface area contributed by atoms with Crippen molar-refractivity contribution in [2.45, 2.75) is 45.1 Å². The molecule has 3 rings (SSSR count). The molecule has 0 spiro atoms. The molecule has 0 aliphatic heterocycles. The van der Waals surface area contributed by atoms with Crippen molar-refractivity contribution in [1.29, 1.82) is 0 Å². The van der Waals surface area contributed by atoms with Gasteiger partial charge in [0.15, 0.2) is 0 Å². The van der Waals surface area contributed by atoms with Gasteiger partial charge in [0.1, 0.15) is 10.7 Å². The van der Waals surface area contributed by atoms with Crippen molar-refractivity contribution in [1.82, 2.24) is 4.90 Å². The molecule has 1 aliphatic carbocycles. The van der Waals surface area contributed by atoms with E-state index in [9.17, 15) is 9.18 Å². The number of hydrogen-bond acceptors (Lipinski definition) is 2. The van der Waals surface area contributed by atoms with Crippen LogP contribution in [0.2, 0.25) is 5.02 Å². The van der Waals surface area contributed by atoms with Gasteiger partial charge in [0, 0.05) is 22.7 Å². The molecule has 0 radical (unpaired) electrons. The van der Waals surface area contributed by atoms with Crippen LogP contribution in [0.3, 0.4) is 0 Å². The molecule has 2 nitrogen and oxygen atoms in total. The molecular weight excluding hydrogens is 321 g/mol. The Labute approximate surface area is 138 Å². The number of carbonyl (C=O) groups excluding carboxylic acids is 1. The smallest absolute Gasteiger partial charge is 0.265 e. The molecule has 0 N–H and O–H groups in total. The van der Waals surface area contributed by atoms with Crippen molar-refractivity contribution < 1.29 is 9.18 Å². The summed E-state index contributed by atoms with van der Waals surface area (Å²) in [5.74, 6) is -0.315. The zero-order valence-corrected chi connectivity index (χ0v) is 14.1. The fourth-order valence-electron chi connectivity index (χ4n) is 3.27. The summed E-state index contributed by atoms with van der Waals surface area (Å²) in [7, 11) is 0. The van der Waals surface area contributed by atoms with Gasteiger partial charge in [-0.2, -0.15) is 0 Å². The van der Waals surface area contributed by atoms with Gasteiger partial charge < -0.3 is 4.90 Å². The van der Waals surface area contributed by atoms with E-state index in [-0.39, 0.29) is 11.7 Å². The van der Waals surface area contributed by atoms with Gasteiger partial charge >= 0.3 is 0 Å². The number of halogens is 2. The van der Waals surface area contributed by atoms with E-state index in [0.29, 0.717) is 22.5 Å². The molecule has 5 heteroatoms. The van der Waals surface area contributed by atoms with Crippen LogP contribution >= 0.6 is 22.9 Å². The predicted molar refractivity (Wildman–Crippen MR) is 90.4 cm³/mol. The van der Waals surface area contributed by atoms with Crippen LogP contribution in [0.25, 0.3) is 10.1 Å². The molecule has 1 aliphatic rings. The quantitative estimate of drug-likeness (QED) is 0.724. The minimum Gasteiger partial charge on any atom is -0.335 e. The van der Waals surface area contributed by atoms with E-state index in [1.54, 1.807) is 6.07 Å². The van der Waals surface area contributed by atoms with Crippen LogP contribution in [0.4, 0.5) is 4.39 Å². The van der Waals surface area contributed by atoms with E-state index in [4.69, 9.17) is 11.6 Å². The molecule has 0 saturated heterocycles. The van der Waals surface area contributed by atoms with E-state index < -0.39 is 0 Å². The summed E-state index contributed by atoms with van der Waals surface area (Å²) in [6, 6.07) is 4.79. The molecule has 1 amide bonds. The van der Waals surface area contributed by atoms with Crippen LogP contribution in [0.5, 0.6) is 0 Å². The van der Waals surface area contributed by atoms with Crippen LogP contribution in [-0.2, 0) is 0 Å². The number of hydrogen-bond donors (Lipinski definition) is 0. The van der Waals surface area contributed by atoms with Crippen molar-refractivity contribution in [2.24, 2.45) is 0 Å². The van der Waals surface area contributed by atoms with Gasteiger partial charge in [0.25, 0.3) is 5.91 Å². The standard InChI is InChI=1S/C17H19ClFNOS/c1-2-20(12-6-4-3-5-7-12)17(21)16-15(18)13-9-8-11(19)10-14(13)22-16/h8-10,12H,2-7H2,1H3. The average Bonchev–Trinajstić information content (AvgIpc) is 2.85. The van der Waals surface area contributed by atoms with E-state index in [2.05, 4.69) is 0 Å². The van der Waals surface area contributed by atoms with Gasteiger partial charge in [-0.3, -0.25) is 4.79 Å². The highest BCUT2D eigenvalue weighted by Gasteiger charge is 2.28. The first kappa shape index (κ1) is 15.8. The molecule has 1 aromatic carbocycles. The van der Waals surface area contributed by atoms with Gasteiger partial charge in [-0.15, -0.1) is 11.3 Å². The highest BCUT2D eigenvalue weighted by molar-refractivity contribution is 7.21. The largest absolute Gasteiger partial charge is 0.335 e. The summed E-state index contributed by atoms with van der Waals surface area (Å²) in [4.78, 5) is 15.4. The molecule has 1 heterocycles. The second kappa shape index (κ2) is 6.55. The lowest BCUT2D eigenvalue weighted by molar-refractivity contribution is 0.0653. The number of amides is 1. The maximum Gasteiger partial charge on any atom is 0.265 e. The van der Waals surface area contributed by atoms with Gasteiger partial charge in [0.05, 0.1) is 5.02 Å². The second-order valence-corrected chi connectivity index (χ2v) is 7.20. The fourth-order valence-corrected chi connectivity index (χ4v) is 4.76. The third-order valence-corrected chi connectivity index (χ3v) is 6.05. The van der Waals surface area contributed by atoms with Crippen molar-refractivity contribution in [2.75, 3.05) is 6.54 Å². The van der Waals surface area contributed by atoms with Gasteiger partial charge in [-0.25, -0.2) is 4.39 Å². The van der Waals surface area contributed by atoms with Crippen LogP contribution in [0.15, 0.2) is 18.2 Å². The summed E-state index contributed by atoms with van der Waals surface area (Å²) in [6.45, 7) is 2.69. The second-order valence-electron chi connectivity index (χ2n) is 5.77. The highest BCUT2D eigenvalue weighted by Crippen LogP contribution is 2.37. The molecular formula is C17H19ClFNOS. The Morgan fingerprint density at radius 1 is 1.36 bits per heavy atom. The third-order valence-electron chi connectivity index (χ3n) is 4.40. The zero-order chi connectivity index (χ0) is 15.7. The summed E-state index contributed by atoms with van der Waals surface area (Å²) in [5, 5.41) is 1.22. The lowest BCUT2D eigenvalue weighted by Gasteiger charge is -2.33. The van der Waals surface area contributed by atoms with E-state index >= 15 is 0 Å². The molecule has 22 heavy (non-hydrogen) atoms. The molecule has 1 aromatic heterocycles. The number of thiophene rings is 1. The number of carbonyl (C=O) groups is 1. The fraction of sp³-hybridized carbons (Fsp3) is 0.471. The van der Waals surface area contributed by atoms with Crippen LogP contribution in [0.1, 0.15) is 48.7 Å². The summed E-state index contributed by atoms with van der Waals surface area (Å²) < 4.78 is 14.1. The highest BCUT2D eigenvalue weighted by atomic mass is 35.5. The molecule has 2 aromatic rings. The first-order valence-corrected chi connectivity index (χ1v) is 8.99. The first-order valence-electron chi connectivity index (χ1n) is 7.80. The minimum atomic E-state index is -0.302. The van der Waals surface area contributed by atoms with Gasteiger partial charge in [0.2, 0.25) is 0 Å². The molecule has 0 unspecified atom stereocenters. The lowest BCUT2D eigenvalue weighted by atomic mass is 9.94. The monoisotopic (exact) mass is 339 g/mol. The van der Waals surface area contributed by atoms with Crippen molar-refractivity contribution in [3.63, 3.8) is 0 Å². The molecule has 1 saturated carbocycles.